The van der Waals surface area contributed by atoms with E-state index >= 15 is 0 Å². The molecule has 0 spiro atoms. The first kappa shape index (κ1) is 12.3. The molecule has 1 aromatic carbocycles. The zero-order valence-corrected chi connectivity index (χ0v) is 10.9. The number of hydrogen-bond donors (Lipinski definition) is 1. The summed E-state index contributed by atoms with van der Waals surface area (Å²) >= 11 is 0. The molecule has 3 aromatic rings. The maximum atomic E-state index is 11.2. The van der Waals surface area contributed by atoms with Gasteiger partial charge < -0.3 is 5.11 Å². The Bertz CT molecular complexity index is 812. The summed E-state index contributed by atoms with van der Waals surface area (Å²) in [5.74, 6) is -1.03. The number of carboxylic acids is 1. The van der Waals surface area contributed by atoms with Crippen molar-refractivity contribution in [1.82, 2.24) is 9.97 Å². The second-order valence-corrected chi connectivity index (χ2v) is 4.56. The Kier molecular flexibility index (Phi) is 2.91. The van der Waals surface area contributed by atoms with E-state index in [1.807, 2.05) is 37.3 Å². The first-order valence-corrected chi connectivity index (χ1v) is 6.21. The molecule has 1 N–H and O–H groups in total. The second kappa shape index (κ2) is 4.74. The fourth-order valence-electron chi connectivity index (χ4n) is 2.20. The largest absolute Gasteiger partial charge is 0.476 e. The molecule has 0 aliphatic heterocycles. The van der Waals surface area contributed by atoms with Crippen molar-refractivity contribution in [3.63, 3.8) is 0 Å². The zero-order valence-electron chi connectivity index (χ0n) is 10.9. The highest BCUT2D eigenvalue weighted by molar-refractivity contribution is 5.95. The van der Waals surface area contributed by atoms with Gasteiger partial charge in [-0.25, -0.2) is 9.78 Å². The van der Waals surface area contributed by atoms with Crippen molar-refractivity contribution in [2.45, 2.75) is 6.92 Å². The second-order valence-electron chi connectivity index (χ2n) is 4.56. The Morgan fingerprint density at radius 2 is 2.00 bits per heavy atom. The molecular weight excluding hydrogens is 252 g/mol. The molecular formula is C16H12N2O2. The summed E-state index contributed by atoms with van der Waals surface area (Å²) in [7, 11) is 0. The Balaban J connectivity index is 2.20. The summed E-state index contributed by atoms with van der Waals surface area (Å²) in [5, 5.41) is 10.2. The van der Waals surface area contributed by atoms with Crippen LogP contribution in [-0.2, 0) is 0 Å². The van der Waals surface area contributed by atoms with Gasteiger partial charge in [0.1, 0.15) is 0 Å². The zero-order chi connectivity index (χ0) is 14.1. The number of nitrogens with zero attached hydrogens (tertiary/aromatic N) is 2. The smallest absolute Gasteiger partial charge is 0.355 e. The average molecular weight is 264 g/mol. The number of benzene rings is 1. The van der Waals surface area contributed by atoms with Gasteiger partial charge in [0.05, 0.1) is 5.52 Å². The van der Waals surface area contributed by atoms with E-state index in [-0.39, 0.29) is 5.69 Å². The fraction of sp³-hybridized carbons (Fsp3) is 0.0625. The lowest BCUT2D eigenvalue weighted by Gasteiger charge is -2.06. The fourth-order valence-corrected chi connectivity index (χ4v) is 2.20. The van der Waals surface area contributed by atoms with Crippen molar-refractivity contribution < 1.29 is 9.90 Å². The maximum Gasteiger partial charge on any atom is 0.355 e. The number of hydrogen-bond acceptors (Lipinski definition) is 3. The molecule has 0 atom stereocenters. The predicted molar refractivity (Wildman–Crippen MR) is 76.7 cm³/mol. The molecule has 20 heavy (non-hydrogen) atoms. The maximum absolute atomic E-state index is 11.2. The van der Waals surface area contributed by atoms with Crippen LogP contribution in [-0.4, -0.2) is 21.0 Å². The van der Waals surface area contributed by atoms with Gasteiger partial charge in [-0.15, -0.1) is 0 Å². The van der Waals surface area contributed by atoms with Crippen molar-refractivity contribution in [3.05, 3.63) is 60.0 Å². The van der Waals surface area contributed by atoms with Crippen LogP contribution in [0.3, 0.4) is 0 Å². The van der Waals surface area contributed by atoms with E-state index in [9.17, 15) is 9.90 Å². The molecule has 0 radical (unpaired) electrons. The summed E-state index contributed by atoms with van der Waals surface area (Å²) in [6, 6.07) is 13.1. The van der Waals surface area contributed by atoms with Crippen LogP contribution in [0.25, 0.3) is 22.0 Å². The molecule has 4 heteroatoms. The summed E-state index contributed by atoms with van der Waals surface area (Å²) in [6.07, 6.45) is 1.49. The van der Waals surface area contributed by atoms with Gasteiger partial charge in [0.2, 0.25) is 0 Å². The van der Waals surface area contributed by atoms with Crippen LogP contribution in [0.5, 0.6) is 0 Å². The van der Waals surface area contributed by atoms with Crippen LogP contribution in [0.15, 0.2) is 48.7 Å². The third-order valence-electron chi connectivity index (χ3n) is 3.15. The quantitative estimate of drug-likeness (QED) is 0.771. The first-order chi connectivity index (χ1) is 9.65. The Morgan fingerprint density at radius 1 is 1.15 bits per heavy atom. The van der Waals surface area contributed by atoms with Crippen LogP contribution in [0.2, 0.25) is 0 Å². The lowest BCUT2D eigenvalue weighted by molar-refractivity contribution is 0.0691. The van der Waals surface area contributed by atoms with Crippen molar-refractivity contribution >= 4 is 16.9 Å². The van der Waals surface area contributed by atoms with E-state index in [4.69, 9.17) is 0 Å². The van der Waals surface area contributed by atoms with Crippen molar-refractivity contribution in [1.29, 1.82) is 0 Å². The van der Waals surface area contributed by atoms with E-state index in [0.717, 1.165) is 22.2 Å². The molecule has 2 aromatic heterocycles. The van der Waals surface area contributed by atoms with E-state index in [0.29, 0.717) is 5.56 Å². The normalized spacial score (nSPS) is 10.7. The standard InChI is InChI=1S/C16H12N2O2/c1-10-4-5-12-9-11(6-7-14(12)18-10)13-3-2-8-17-15(13)16(19)20/h2-9H,1H3,(H,19,20). The third kappa shape index (κ3) is 2.12. The van der Waals surface area contributed by atoms with E-state index in [1.165, 1.54) is 6.20 Å². The van der Waals surface area contributed by atoms with Gasteiger partial charge in [0.15, 0.2) is 5.69 Å². The highest BCUT2D eigenvalue weighted by Gasteiger charge is 2.12. The summed E-state index contributed by atoms with van der Waals surface area (Å²) in [4.78, 5) is 19.6. The highest BCUT2D eigenvalue weighted by Crippen LogP contribution is 2.25. The van der Waals surface area contributed by atoms with Gasteiger partial charge in [-0.05, 0) is 36.8 Å². The van der Waals surface area contributed by atoms with Crippen molar-refractivity contribution in [2.75, 3.05) is 0 Å². The predicted octanol–water partition coefficient (Wildman–Crippen LogP) is 3.30. The van der Waals surface area contributed by atoms with Crippen LogP contribution in [0, 0.1) is 6.92 Å². The monoisotopic (exact) mass is 264 g/mol. The van der Waals surface area contributed by atoms with E-state index in [2.05, 4.69) is 9.97 Å². The molecule has 0 bridgehead atoms. The molecule has 0 unspecified atom stereocenters. The van der Waals surface area contributed by atoms with Gasteiger partial charge in [-0.1, -0.05) is 18.2 Å². The number of aromatic nitrogens is 2. The minimum atomic E-state index is -1.03. The molecule has 0 aliphatic carbocycles. The molecule has 4 nitrogen and oxygen atoms in total. The lowest BCUT2D eigenvalue weighted by Crippen LogP contribution is -2.02. The lowest BCUT2D eigenvalue weighted by atomic mass is 10.0. The molecule has 0 saturated heterocycles. The number of rotatable bonds is 2. The highest BCUT2D eigenvalue weighted by atomic mass is 16.4. The van der Waals surface area contributed by atoms with Gasteiger partial charge in [0.25, 0.3) is 0 Å². The van der Waals surface area contributed by atoms with Crippen LogP contribution in [0.4, 0.5) is 0 Å². The summed E-state index contributed by atoms with van der Waals surface area (Å²) < 4.78 is 0. The number of fused-ring (bicyclic) bond motifs is 1. The Hall–Kier alpha value is -2.75. The average Bonchev–Trinajstić information content (AvgIpc) is 2.46. The Morgan fingerprint density at radius 3 is 2.80 bits per heavy atom. The van der Waals surface area contributed by atoms with Gasteiger partial charge in [0, 0.05) is 22.8 Å². The molecule has 0 amide bonds. The topological polar surface area (TPSA) is 63.1 Å². The molecule has 0 aliphatic rings. The number of carboxylic acid groups (broad SMARTS) is 1. The Labute approximate surface area is 115 Å². The van der Waals surface area contributed by atoms with Gasteiger partial charge in [-0.3, -0.25) is 4.98 Å². The molecule has 3 rings (SSSR count). The van der Waals surface area contributed by atoms with Crippen LogP contribution in [0.1, 0.15) is 16.2 Å². The van der Waals surface area contributed by atoms with Gasteiger partial charge in [-0.2, -0.15) is 0 Å². The third-order valence-corrected chi connectivity index (χ3v) is 3.15. The number of carbonyl (C=O) groups is 1. The van der Waals surface area contributed by atoms with Crippen molar-refractivity contribution in [3.8, 4) is 11.1 Å². The molecule has 0 saturated carbocycles. The van der Waals surface area contributed by atoms with Crippen LogP contribution >= 0.6 is 0 Å². The molecule has 0 fully saturated rings. The number of aromatic carboxylic acids is 1. The minimum absolute atomic E-state index is 0.0620. The van der Waals surface area contributed by atoms with Crippen LogP contribution < -0.4 is 0 Å². The van der Waals surface area contributed by atoms with E-state index < -0.39 is 5.97 Å². The molecule has 2 heterocycles. The van der Waals surface area contributed by atoms with Crippen molar-refractivity contribution in [2.24, 2.45) is 0 Å². The summed E-state index contributed by atoms with van der Waals surface area (Å²) in [5.41, 5.74) is 3.36. The minimum Gasteiger partial charge on any atom is -0.476 e. The van der Waals surface area contributed by atoms with E-state index in [1.54, 1.807) is 12.1 Å². The number of aryl methyl sites for hydroxylation is 1. The first-order valence-electron chi connectivity index (χ1n) is 6.21. The SMILES string of the molecule is Cc1ccc2cc(-c3cccnc3C(=O)O)ccc2n1. The summed E-state index contributed by atoms with van der Waals surface area (Å²) in [6.45, 7) is 1.94. The molecule has 98 valence electrons. The van der Waals surface area contributed by atoms with Gasteiger partial charge >= 0.3 is 5.97 Å². The number of pyridine rings is 2.